The number of carbonyl (C=O) groups excluding carboxylic acids is 1. The SMILES string of the molecule is CCOC(=O)C1=C(N)Oc2c(sc3ccc(C)cc23)C1c1cccc(F)c1. The molecule has 1 aliphatic heterocycles. The van der Waals surface area contributed by atoms with Gasteiger partial charge in [0.25, 0.3) is 0 Å². The van der Waals surface area contributed by atoms with Crippen molar-refractivity contribution in [2.45, 2.75) is 19.8 Å². The van der Waals surface area contributed by atoms with Gasteiger partial charge in [-0.05, 0) is 43.7 Å². The first-order valence-electron chi connectivity index (χ1n) is 8.62. The van der Waals surface area contributed by atoms with Crippen molar-refractivity contribution in [2.75, 3.05) is 6.61 Å². The minimum Gasteiger partial charge on any atom is -0.462 e. The summed E-state index contributed by atoms with van der Waals surface area (Å²) in [6.45, 7) is 3.94. The Morgan fingerprint density at radius 3 is 2.85 bits per heavy atom. The summed E-state index contributed by atoms with van der Waals surface area (Å²) in [5.74, 6) is -0.848. The zero-order chi connectivity index (χ0) is 19.1. The molecular weight excluding hydrogens is 365 g/mol. The average molecular weight is 383 g/mol. The van der Waals surface area contributed by atoms with Crippen LogP contribution in [0.2, 0.25) is 0 Å². The highest BCUT2D eigenvalue weighted by Crippen LogP contribution is 2.50. The van der Waals surface area contributed by atoms with Gasteiger partial charge in [0.15, 0.2) is 5.75 Å². The summed E-state index contributed by atoms with van der Waals surface area (Å²) in [6, 6.07) is 12.2. The molecule has 6 heteroatoms. The van der Waals surface area contributed by atoms with Gasteiger partial charge in [0, 0.05) is 10.1 Å². The van der Waals surface area contributed by atoms with Crippen molar-refractivity contribution in [2.24, 2.45) is 5.73 Å². The van der Waals surface area contributed by atoms with E-state index < -0.39 is 11.9 Å². The fourth-order valence-corrected chi connectivity index (χ4v) is 4.62. The molecule has 1 atom stereocenters. The molecule has 3 aromatic rings. The van der Waals surface area contributed by atoms with Gasteiger partial charge in [0.1, 0.15) is 11.4 Å². The Bertz CT molecular complexity index is 1090. The Hall–Kier alpha value is -2.86. The zero-order valence-corrected chi connectivity index (χ0v) is 15.7. The molecule has 0 radical (unpaired) electrons. The predicted octanol–water partition coefficient (Wildman–Crippen LogP) is 4.61. The molecule has 138 valence electrons. The summed E-state index contributed by atoms with van der Waals surface area (Å²) in [4.78, 5) is 13.4. The van der Waals surface area contributed by atoms with Gasteiger partial charge in [-0.25, -0.2) is 9.18 Å². The van der Waals surface area contributed by atoms with Crippen LogP contribution < -0.4 is 10.5 Å². The summed E-state index contributed by atoms with van der Waals surface area (Å²) in [7, 11) is 0. The molecule has 0 bridgehead atoms. The largest absolute Gasteiger partial charge is 0.462 e. The molecule has 0 amide bonds. The molecule has 0 fully saturated rings. The normalized spacial score (nSPS) is 16.2. The highest BCUT2D eigenvalue weighted by atomic mass is 32.1. The Balaban J connectivity index is 1.98. The topological polar surface area (TPSA) is 61.5 Å². The van der Waals surface area contributed by atoms with Gasteiger partial charge in [0.05, 0.1) is 17.4 Å². The van der Waals surface area contributed by atoms with E-state index in [1.165, 1.54) is 23.5 Å². The minimum atomic E-state index is -0.552. The van der Waals surface area contributed by atoms with Crippen LogP contribution in [0.15, 0.2) is 53.9 Å². The van der Waals surface area contributed by atoms with Gasteiger partial charge >= 0.3 is 5.97 Å². The first-order valence-corrected chi connectivity index (χ1v) is 9.44. The number of rotatable bonds is 3. The third-order valence-electron chi connectivity index (χ3n) is 4.53. The molecule has 0 aliphatic carbocycles. The first kappa shape index (κ1) is 17.5. The monoisotopic (exact) mass is 383 g/mol. The molecule has 4 nitrogen and oxygen atoms in total. The number of halogens is 1. The van der Waals surface area contributed by atoms with E-state index in [0.717, 1.165) is 20.5 Å². The van der Waals surface area contributed by atoms with Crippen molar-refractivity contribution in [3.63, 3.8) is 0 Å². The number of hydrogen-bond acceptors (Lipinski definition) is 5. The van der Waals surface area contributed by atoms with Crippen LogP contribution in [0.25, 0.3) is 10.1 Å². The third-order valence-corrected chi connectivity index (χ3v) is 5.75. The molecule has 2 heterocycles. The molecule has 2 aromatic carbocycles. The van der Waals surface area contributed by atoms with E-state index in [0.29, 0.717) is 11.3 Å². The molecule has 0 spiro atoms. The van der Waals surface area contributed by atoms with Crippen molar-refractivity contribution in [1.29, 1.82) is 0 Å². The lowest BCUT2D eigenvalue weighted by Gasteiger charge is -2.26. The van der Waals surface area contributed by atoms with E-state index >= 15 is 0 Å². The lowest BCUT2D eigenvalue weighted by molar-refractivity contribution is -0.139. The molecule has 1 unspecified atom stereocenters. The second-order valence-electron chi connectivity index (χ2n) is 6.38. The van der Waals surface area contributed by atoms with E-state index in [1.807, 2.05) is 25.1 Å². The number of thiophene rings is 1. The minimum absolute atomic E-state index is 0.00332. The van der Waals surface area contributed by atoms with Gasteiger partial charge < -0.3 is 15.2 Å². The lowest BCUT2D eigenvalue weighted by Crippen LogP contribution is -2.26. The maximum absolute atomic E-state index is 13.9. The van der Waals surface area contributed by atoms with Gasteiger partial charge in [-0.3, -0.25) is 0 Å². The Morgan fingerprint density at radius 2 is 2.11 bits per heavy atom. The van der Waals surface area contributed by atoms with Crippen molar-refractivity contribution < 1.29 is 18.7 Å². The number of fused-ring (bicyclic) bond motifs is 3. The van der Waals surface area contributed by atoms with Crippen LogP contribution in [0.5, 0.6) is 5.75 Å². The van der Waals surface area contributed by atoms with Crippen LogP contribution in [-0.4, -0.2) is 12.6 Å². The Labute approximate surface area is 160 Å². The van der Waals surface area contributed by atoms with Crippen LogP contribution >= 0.6 is 11.3 Å². The summed E-state index contributed by atoms with van der Waals surface area (Å²) < 4.78 is 26.0. The van der Waals surface area contributed by atoms with E-state index in [-0.39, 0.29) is 23.9 Å². The second-order valence-corrected chi connectivity index (χ2v) is 7.47. The van der Waals surface area contributed by atoms with Crippen LogP contribution in [0.4, 0.5) is 4.39 Å². The zero-order valence-electron chi connectivity index (χ0n) is 14.9. The molecule has 1 aromatic heterocycles. The van der Waals surface area contributed by atoms with E-state index in [9.17, 15) is 9.18 Å². The van der Waals surface area contributed by atoms with Gasteiger partial charge in [-0.1, -0.05) is 23.8 Å². The van der Waals surface area contributed by atoms with Crippen LogP contribution in [0.1, 0.15) is 28.8 Å². The van der Waals surface area contributed by atoms with Crippen molar-refractivity contribution in [3.8, 4) is 5.75 Å². The molecule has 0 saturated heterocycles. The number of aryl methyl sites for hydroxylation is 1. The van der Waals surface area contributed by atoms with E-state index in [2.05, 4.69) is 0 Å². The number of nitrogens with two attached hydrogens (primary N) is 1. The van der Waals surface area contributed by atoms with E-state index in [4.69, 9.17) is 15.2 Å². The average Bonchev–Trinajstić information content (AvgIpc) is 2.98. The quantitative estimate of drug-likeness (QED) is 0.671. The van der Waals surface area contributed by atoms with E-state index in [1.54, 1.807) is 19.1 Å². The van der Waals surface area contributed by atoms with Crippen LogP contribution in [0, 0.1) is 12.7 Å². The van der Waals surface area contributed by atoms with Crippen LogP contribution in [0.3, 0.4) is 0 Å². The molecule has 27 heavy (non-hydrogen) atoms. The molecule has 4 rings (SSSR count). The lowest BCUT2D eigenvalue weighted by atomic mass is 9.87. The maximum Gasteiger partial charge on any atom is 0.340 e. The highest BCUT2D eigenvalue weighted by molar-refractivity contribution is 7.19. The molecular formula is C21H18FNO3S. The number of ether oxygens (including phenoxy) is 2. The molecule has 1 aliphatic rings. The van der Waals surface area contributed by atoms with Crippen molar-refractivity contribution >= 4 is 27.4 Å². The standard InChI is InChI=1S/C21H18FNO3S/c1-3-25-21(24)17-16(12-5-4-6-13(22)10-12)19-18(26-20(17)23)14-9-11(2)7-8-15(14)27-19/h4-10,16H,3,23H2,1-2H3. The smallest absolute Gasteiger partial charge is 0.340 e. The number of esters is 1. The Kier molecular flexibility index (Phi) is 4.36. The summed E-state index contributed by atoms with van der Waals surface area (Å²) >= 11 is 1.51. The molecule has 0 saturated carbocycles. The van der Waals surface area contributed by atoms with Crippen molar-refractivity contribution in [1.82, 2.24) is 0 Å². The number of hydrogen-bond donors (Lipinski definition) is 1. The van der Waals surface area contributed by atoms with Crippen LogP contribution in [-0.2, 0) is 9.53 Å². The van der Waals surface area contributed by atoms with Crippen molar-refractivity contribution in [3.05, 3.63) is 75.7 Å². The summed E-state index contributed by atoms with van der Waals surface area (Å²) in [5.41, 5.74) is 8.08. The highest BCUT2D eigenvalue weighted by Gasteiger charge is 2.38. The third kappa shape index (κ3) is 2.96. The van der Waals surface area contributed by atoms with Gasteiger partial charge in [-0.15, -0.1) is 11.3 Å². The molecule has 2 N–H and O–H groups in total. The first-order chi connectivity index (χ1) is 13.0. The second kappa shape index (κ2) is 6.70. The Morgan fingerprint density at radius 1 is 1.30 bits per heavy atom. The fourth-order valence-electron chi connectivity index (χ4n) is 3.37. The number of benzene rings is 2. The fraction of sp³-hybridized carbons (Fsp3) is 0.190. The summed E-state index contributed by atoms with van der Waals surface area (Å²) in [5, 5.41) is 0.933. The number of carbonyl (C=O) groups is 1. The summed E-state index contributed by atoms with van der Waals surface area (Å²) in [6.07, 6.45) is 0. The van der Waals surface area contributed by atoms with Gasteiger partial charge in [0.2, 0.25) is 5.88 Å². The van der Waals surface area contributed by atoms with Gasteiger partial charge in [-0.2, -0.15) is 0 Å². The maximum atomic E-state index is 13.9. The predicted molar refractivity (Wildman–Crippen MR) is 103 cm³/mol.